The fourth-order valence-corrected chi connectivity index (χ4v) is 1.80. The van der Waals surface area contributed by atoms with E-state index in [4.69, 9.17) is 0 Å². The van der Waals surface area contributed by atoms with Crippen molar-refractivity contribution < 1.29 is 0 Å². The first-order chi connectivity index (χ1) is 7.69. The van der Waals surface area contributed by atoms with Gasteiger partial charge in [-0.05, 0) is 43.5 Å². The molecule has 1 aromatic rings. The molecule has 0 aromatic carbocycles. The number of hydrogen-bond donors (Lipinski definition) is 1. The van der Waals surface area contributed by atoms with Crippen molar-refractivity contribution >= 4 is 6.08 Å². The van der Waals surface area contributed by atoms with E-state index in [1.807, 2.05) is 19.4 Å². The molecule has 0 aliphatic carbocycles. The van der Waals surface area contributed by atoms with Crippen LogP contribution in [0.3, 0.4) is 0 Å². The van der Waals surface area contributed by atoms with E-state index < -0.39 is 0 Å². The van der Waals surface area contributed by atoms with Crippen molar-refractivity contribution in [3.63, 3.8) is 0 Å². The zero-order valence-electron chi connectivity index (χ0n) is 10.7. The summed E-state index contributed by atoms with van der Waals surface area (Å²) >= 11 is 0. The molecular formula is C14H22N2. The molecular weight excluding hydrogens is 196 g/mol. The molecule has 0 aliphatic rings. The third kappa shape index (κ3) is 3.46. The fraction of sp³-hybridized carbons (Fsp3) is 0.500. The molecule has 1 heterocycles. The Hall–Kier alpha value is -1.15. The fourth-order valence-electron chi connectivity index (χ4n) is 1.80. The van der Waals surface area contributed by atoms with E-state index in [0.29, 0.717) is 5.92 Å². The zero-order chi connectivity index (χ0) is 12.0. The van der Waals surface area contributed by atoms with Crippen molar-refractivity contribution in [1.29, 1.82) is 0 Å². The summed E-state index contributed by atoms with van der Waals surface area (Å²) in [7, 11) is 1.97. The smallest absolute Gasteiger partial charge is 0.0343 e. The van der Waals surface area contributed by atoms with Gasteiger partial charge in [-0.1, -0.05) is 25.5 Å². The van der Waals surface area contributed by atoms with Gasteiger partial charge in [-0.3, -0.25) is 4.98 Å². The van der Waals surface area contributed by atoms with Gasteiger partial charge in [0.15, 0.2) is 0 Å². The average Bonchev–Trinajstić information content (AvgIpc) is 2.29. The first-order valence-corrected chi connectivity index (χ1v) is 5.94. The van der Waals surface area contributed by atoms with Crippen LogP contribution in [0.5, 0.6) is 0 Å². The molecule has 16 heavy (non-hydrogen) atoms. The summed E-state index contributed by atoms with van der Waals surface area (Å²) in [5.74, 6) is 0.594. The third-order valence-corrected chi connectivity index (χ3v) is 2.89. The lowest BCUT2D eigenvalue weighted by Crippen LogP contribution is -2.08. The summed E-state index contributed by atoms with van der Waals surface area (Å²) in [4.78, 5) is 4.21. The van der Waals surface area contributed by atoms with Crippen LogP contribution >= 0.6 is 0 Å². The highest BCUT2D eigenvalue weighted by Crippen LogP contribution is 2.23. The molecule has 1 aromatic heterocycles. The number of aromatic nitrogens is 1. The minimum absolute atomic E-state index is 0.594. The monoisotopic (exact) mass is 218 g/mol. The minimum atomic E-state index is 0.594. The number of nitrogens with one attached hydrogen (secondary N) is 1. The van der Waals surface area contributed by atoms with Crippen molar-refractivity contribution in [2.45, 2.75) is 33.1 Å². The van der Waals surface area contributed by atoms with Gasteiger partial charge in [0.05, 0.1) is 0 Å². The maximum atomic E-state index is 4.21. The van der Waals surface area contributed by atoms with Crippen LogP contribution in [-0.2, 0) is 0 Å². The van der Waals surface area contributed by atoms with Gasteiger partial charge < -0.3 is 5.32 Å². The van der Waals surface area contributed by atoms with E-state index in [1.165, 1.54) is 16.7 Å². The highest BCUT2D eigenvalue weighted by molar-refractivity contribution is 5.56. The number of likely N-dealkylation sites (N-methyl/N-ethyl adjacent to an activating group) is 1. The molecule has 2 heteroatoms. The van der Waals surface area contributed by atoms with Crippen LogP contribution in [0.15, 0.2) is 24.0 Å². The largest absolute Gasteiger partial charge is 0.316 e. The number of pyridine rings is 1. The highest BCUT2D eigenvalue weighted by atomic mass is 14.8. The average molecular weight is 218 g/mol. The SMILES string of the molecule is CCC(C)c1ccncc1/C=C(\C)CNC. The van der Waals surface area contributed by atoms with E-state index in [0.717, 1.165) is 13.0 Å². The molecule has 1 atom stereocenters. The Morgan fingerprint density at radius 3 is 2.94 bits per heavy atom. The van der Waals surface area contributed by atoms with Crippen molar-refractivity contribution in [2.75, 3.05) is 13.6 Å². The first-order valence-electron chi connectivity index (χ1n) is 5.94. The predicted molar refractivity (Wildman–Crippen MR) is 70.5 cm³/mol. The van der Waals surface area contributed by atoms with Crippen LogP contribution in [-0.4, -0.2) is 18.6 Å². The molecule has 0 fully saturated rings. The summed E-state index contributed by atoms with van der Waals surface area (Å²) in [6, 6.07) is 2.13. The second kappa shape index (κ2) is 6.44. The van der Waals surface area contributed by atoms with Crippen LogP contribution in [0.25, 0.3) is 6.08 Å². The summed E-state index contributed by atoms with van der Waals surface area (Å²) in [6.07, 6.45) is 7.23. The Balaban J connectivity index is 2.99. The summed E-state index contributed by atoms with van der Waals surface area (Å²) in [5.41, 5.74) is 3.98. The summed E-state index contributed by atoms with van der Waals surface area (Å²) in [5, 5.41) is 3.16. The predicted octanol–water partition coefficient (Wildman–Crippen LogP) is 3.22. The molecule has 0 aliphatic heterocycles. The Bertz CT molecular complexity index is 356. The van der Waals surface area contributed by atoms with Gasteiger partial charge in [-0.25, -0.2) is 0 Å². The Morgan fingerprint density at radius 1 is 1.56 bits per heavy atom. The molecule has 0 saturated carbocycles. The van der Waals surface area contributed by atoms with E-state index in [1.54, 1.807) is 0 Å². The first kappa shape index (κ1) is 12.9. The molecule has 88 valence electrons. The lowest BCUT2D eigenvalue weighted by Gasteiger charge is -2.12. The van der Waals surface area contributed by atoms with Gasteiger partial charge in [-0.2, -0.15) is 0 Å². The van der Waals surface area contributed by atoms with E-state index in [9.17, 15) is 0 Å². The second-order valence-electron chi connectivity index (χ2n) is 4.33. The zero-order valence-corrected chi connectivity index (χ0v) is 10.7. The Morgan fingerprint density at radius 2 is 2.31 bits per heavy atom. The number of rotatable bonds is 5. The minimum Gasteiger partial charge on any atom is -0.316 e. The molecule has 1 N–H and O–H groups in total. The van der Waals surface area contributed by atoms with E-state index in [2.05, 4.69) is 43.2 Å². The van der Waals surface area contributed by atoms with Crippen LogP contribution in [0.4, 0.5) is 0 Å². The molecule has 0 radical (unpaired) electrons. The number of hydrogen-bond acceptors (Lipinski definition) is 2. The van der Waals surface area contributed by atoms with Crippen LogP contribution < -0.4 is 5.32 Å². The lowest BCUT2D eigenvalue weighted by molar-refractivity contribution is 0.730. The number of nitrogens with zero attached hydrogens (tertiary/aromatic N) is 1. The van der Waals surface area contributed by atoms with Gasteiger partial charge >= 0.3 is 0 Å². The van der Waals surface area contributed by atoms with Crippen LogP contribution in [0.2, 0.25) is 0 Å². The summed E-state index contributed by atoms with van der Waals surface area (Å²) in [6.45, 7) is 7.55. The summed E-state index contributed by atoms with van der Waals surface area (Å²) < 4.78 is 0. The molecule has 2 nitrogen and oxygen atoms in total. The lowest BCUT2D eigenvalue weighted by atomic mass is 9.94. The maximum absolute atomic E-state index is 4.21. The van der Waals surface area contributed by atoms with E-state index >= 15 is 0 Å². The molecule has 1 unspecified atom stereocenters. The Kier molecular flexibility index (Phi) is 5.20. The molecule has 0 amide bonds. The maximum Gasteiger partial charge on any atom is 0.0343 e. The van der Waals surface area contributed by atoms with Crippen molar-refractivity contribution in [2.24, 2.45) is 0 Å². The van der Waals surface area contributed by atoms with Gasteiger partial charge in [0, 0.05) is 18.9 Å². The van der Waals surface area contributed by atoms with Gasteiger partial charge in [0.1, 0.15) is 0 Å². The normalized spacial score (nSPS) is 13.9. The molecule has 0 saturated heterocycles. The quantitative estimate of drug-likeness (QED) is 0.821. The molecule has 1 rings (SSSR count). The molecule has 0 spiro atoms. The van der Waals surface area contributed by atoms with E-state index in [-0.39, 0.29) is 0 Å². The van der Waals surface area contributed by atoms with Crippen molar-refractivity contribution in [3.05, 3.63) is 35.2 Å². The second-order valence-corrected chi connectivity index (χ2v) is 4.33. The topological polar surface area (TPSA) is 24.9 Å². The van der Waals surface area contributed by atoms with Crippen LogP contribution in [0.1, 0.15) is 44.2 Å². The van der Waals surface area contributed by atoms with Gasteiger partial charge in [0.25, 0.3) is 0 Å². The van der Waals surface area contributed by atoms with Gasteiger partial charge in [-0.15, -0.1) is 0 Å². The molecule has 0 bridgehead atoms. The van der Waals surface area contributed by atoms with Gasteiger partial charge in [0.2, 0.25) is 0 Å². The van der Waals surface area contributed by atoms with Crippen molar-refractivity contribution in [1.82, 2.24) is 10.3 Å². The Labute approximate surface area is 98.8 Å². The van der Waals surface area contributed by atoms with Crippen molar-refractivity contribution in [3.8, 4) is 0 Å². The third-order valence-electron chi connectivity index (χ3n) is 2.89. The standard InChI is InChI=1S/C14H22N2/c1-5-12(3)14-6-7-16-10-13(14)8-11(2)9-15-4/h6-8,10,12,15H,5,9H2,1-4H3/b11-8+. The van der Waals surface area contributed by atoms with Crippen LogP contribution in [0, 0.1) is 0 Å². The highest BCUT2D eigenvalue weighted by Gasteiger charge is 2.07.